The number of carboxylic acids is 1. The minimum atomic E-state index is -0.731. The van der Waals surface area contributed by atoms with Crippen LogP contribution in [0.15, 0.2) is 34.1 Å². The summed E-state index contributed by atoms with van der Waals surface area (Å²) in [4.78, 5) is 13.0. The van der Waals surface area contributed by atoms with Crippen molar-refractivity contribution in [1.29, 1.82) is 0 Å². The summed E-state index contributed by atoms with van der Waals surface area (Å²) >= 11 is 3.40. The van der Waals surface area contributed by atoms with E-state index in [9.17, 15) is 4.79 Å². The maximum absolute atomic E-state index is 10.6. The first-order chi connectivity index (χ1) is 7.63. The van der Waals surface area contributed by atoms with Gasteiger partial charge in [0.25, 0.3) is 0 Å². The van der Waals surface area contributed by atoms with Crippen LogP contribution in [0.2, 0.25) is 0 Å². The summed E-state index contributed by atoms with van der Waals surface area (Å²) in [5, 5.41) is 8.76. The Bertz CT molecular complexity index is 335. The molecule has 1 unspecified atom stereocenters. The lowest BCUT2D eigenvalue weighted by Crippen LogP contribution is -2.11. The molecule has 1 rings (SSSR count). The van der Waals surface area contributed by atoms with E-state index >= 15 is 0 Å². The van der Waals surface area contributed by atoms with Crippen LogP contribution in [0.3, 0.4) is 0 Å². The van der Waals surface area contributed by atoms with Gasteiger partial charge in [0.05, 0.1) is 5.92 Å². The van der Waals surface area contributed by atoms with Crippen LogP contribution >= 0.6 is 23.5 Å². The van der Waals surface area contributed by atoms with Crippen LogP contribution in [-0.2, 0) is 4.79 Å². The van der Waals surface area contributed by atoms with Crippen LogP contribution in [0.5, 0.6) is 0 Å². The van der Waals surface area contributed by atoms with Gasteiger partial charge in [-0.1, -0.05) is 13.8 Å². The average Bonchev–Trinajstić information content (AvgIpc) is 2.28. The van der Waals surface area contributed by atoms with E-state index in [2.05, 4.69) is 31.2 Å². The smallest absolute Gasteiger partial charge is 0.307 e. The second kappa shape index (κ2) is 6.86. The van der Waals surface area contributed by atoms with E-state index < -0.39 is 5.97 Å². The summed E-state index contributed by atoms with van der Waals surface area (Å²) in [7, 11) is 0. The van der Waals surface area contributed by atoms with Gasteiger partial charge in [0.1, 0.15) is 0 Å². The molecule has 2 nitrogen and oxygen atoms in total. The molecule has 0 saturated carbocycles. The minimum Gasteiger partial charge on any atom is -0.481 e. The molecule has 0 heterocycles. The van der Waals surface area contributed by atoms with Crippen molar-refractivity contribution in [2.24, 2.45) is 5.92 Å². The number of rotatable bonds is 6. The van der Waals surface area contributed by atoms with Crippen molar-refractivity contribution in [2.45, 2.75) is 23.6 Å². The number of aliphatic carboxylic acids is 1. The maximum Gasteiger partial charge on any atom is 0.307 e. The van der Waals surface area contributed by atoms with Gasteiger partial charge in [0, 0.05) is 15.5 Å². The average molecular weight is 256 g/mol. The van der Waals surface area contributed by atoms with E-state index in [0.717, 1.165) is 10.6 Å². The lowest BCUT2D eigenvalue weighted by atomic mass is 10.2. The molecule has 0 amide bonds. The first-order valence-corrected chi connectivity index (χ1v) is 7.19. The zero-order chi connectivity index (χ0) is 12.0. The van der Waals surface area contributed by atoms with Crippen molar-refractivity contribution in [2.75, 3.05) is 11.5 Å². The summed E-state index contributed by atoms with van der Waals surface area (Å²) in [5.74, 6) is 0.665. The zero-order valence-corrected chi connectivity index (χ0v) is 11.1. The molecule has 0 spiro atoms. The van der Waals surface area contributed by atoms with Gasteiger partial charge in [-0.25, -0.2) is 0 Å². The number of benzene rings is 1. The molecule has 0 fully saturated rings. The van der Waals surface area contributed by atoms with Crippen LogP contribution in [0.1, 0.15) is 13.8 Å². The molecule has 1 aromatic rings. The molecule has 16 heavy (non-hydrogen) atoms. The topological polar surface area (TPSA) is 37.3 Å². The molecule has 0 radical (unpaired) electrons. The van der Waals surface area contributed by atoms with Gasteiger partial charge >= 0.3 is 5.97 Å². The predicted molar refractivity (Wildman–Crippen MR) is 70.4 cm³/mol. The normalized spacial score (nSPS) is 12.4. The Kier molecular flexibility index (Phi) is 5.77. The third kappa shape index (κ3) is 4.49. The lowest BCUT2D eigenvalue weighted by molar-refractivity contribution is -0.140. The van der Waals surface area contributed by atoms with Crippen molar-refractivity contribution in [3.8, 4) is 0 Å². The second-order valence-electron chi connectivity index (χ2n) is 3.45. The van der Waals surface area contributed by atoms with Crippen LogP contribution < -0.4 is 0 Å². The van der Waals surface area contributed by atoms with Gasteiger partial charge in [0.15, 0.2) is 0 Å². The first-order valence-electron chi connectivity index (χ1n) is 5.22. The number of thioether (sulfide) groups is 2. The highest BCUT2D eigenvalue weighted by Crippen LogP contribution is 2.24. The van der Waals surface area contributed by atoms with Gasteiger partial charge in [-0.3, -0.25) is 4.79 Å². The van der Waals surface area contributed by atoms with E-state index in [0.29, 0.717) is 5.75 Å². The Morgan fingerprint density at radius 3 is 2.19 bits per heavy atom. The Morgan fingerprint density at radius 2 is 1.75 bits per heavy atom. The van der Waals surface area contributed by atoms with Gasteiger partial charge in [-0.15, -0.1) is 23.5 Å². The molecule has 0 aliphatic rings. The predicted octanol–water partition coefficient (Wildman–Crippen LogP) is 3.61. The SMILES string of the molecule is CCSc1ccc(SCC(C)C(=O)O)cc1. The van der Waals surface area contributed by atoms with E-state index in [1.807, 2.05) is 11.8 Å². The standard InChI is InChI=1S/C12H16O2S2/c1-3-15-10-4-6-11(7-5-10)16-8-9(2)12(13)14/h4-7,9H,3,8H2,1-2H3,(H,13,14). The fourth-order valence-corrected chi connectivity index (χ4v) is 2.67. The quantitative estimate of drug-likeness (QED) is 0.789. The zero-order valence-electron chi connectivity index (χ0n) is 9.47. The summed E-state index contributed by atoms with van der Waals surface area (Å²) < 4.78 is 0. The van der Waals surface area contributed by atoms with Gasteiger partial charge < -0.3 is 5.11 Å². The van der Waals surface area contributed by atoms with Crippen LogP contribution in [0.4, 0.5) is 0 Å². The fourth-order valence-electron chi connectivity index (χ4n) is 1.09. The van der Waals surface area contributed by atoms with Crippen molar-refractivity contribution >= 4 is 29.5 Å². The maximum atomic E-state index is 10.6. The monoisotopic (exact) mass is 256 g/mol. The summed E-state index contributed by atoms with van der Waals surface area (Å²) in [5.41, 5.74) is 0. The van der Waals surface area contributed by atoms with Crippen molar-refractivity contribution in [3.63, 3.8) is 0 Å². The largest absolute Gasteiger partial charge is 0.481 e. The number of hydrogen-bond acceptors (Lipinski definition) is 3. The summed E-state index contributed by atoms with van der Waals surface area (Å²) in [6.45, 7) is 3.86. The highest BCUT2D eigenvalue weighted by atomic mass is 32.2. The van der Waals surface area contributed by atoms with Crippen LogP contribution in [0.25, 0.3) is 0 Å². The van der Waals surface area contributed by atoms with Crippen molar-refractivity contribution in [3.05, 3.63) is 24.3 Å². The third-order valence-electron chi connectivity index (χ3n) is 2.06. The molecule has 0 saturated heterocycles. The van der Waals surface area contributed by atoms with E-state index in [-0.39, 0.29) is 5.92 Å². The molecule has 1 aromatic carbocycles. The number of carboxylic acid groups (broad SMARTS) is 1. The lowest BCUT2D eigenvalue weighted by Gasteiger charge is -2.06. The van der Waals surface area contributed by atoms with Crippen LogP contribution in [0, 0.1) is 5.92 Å². The minimum absolute atomic E-state index is 0.297. The number of carbonyl (C=O) groups is 1. The van der Waals surface area contributed by atoms with Gasteiger partial charge in [-0.2, -0.15) is 0 Å². The number of hydrogen-bond donors (Lipinski definition) is 1. The molecule has 1 atom stereocenters. The molecular formula is C12H16O2S2. The molecule has 0 aliphatic carbocycles. The fraction of sp³-hybridized carbons (Fsp3) is 0.417. The van der Waals surface area contributed by atoms with E-state index in [1.54, 1.807) is 18.7 Å². The Morgan fingerprint density at radius 1 is 1.25 bits per heavy atom. The molecule has 0 bridgehead atoms. The molecule has 88 valence electrons. The van der Waals surface area contributed by atoms with Gasteiger partial charge in [-0.05, 0) is 30.0 Å². The van der Waals surface area contributed by atoms with Crippen molar-refractivity contribution in [1.82, 2.24) is 0 Å². The molecular weight excluding hydrogens is 240 g/mol. The van der Waals surface area contributed by atoms with E-state index in [1.165, 1.54) is 4.90 Å². The molecule has 0 aliphatic heterocycles. The summed E-state index contributed by atoms with van der Waals surface area (Å²) in [6.07, 6.45) is 0. The Labute approximate surface area is 105 Å². The van der Waals surface area contributed by atoms with Gasteiger partial charge in [0.2, 0.25) is 0 Å². The second-order valence-corrected chi connectivity index (χ2v) is 5.89. The molecule has 0 aromatic heterocycles. The third-order valence-corrected chi connectivity index (χ3v) is 4.22. The highest BCUT2D eigenvalue weighted by Gasteiger charge is 2.10. The Balaban J connectivity index is 2.46. The van der Waals surface area contributed by atoms with Crippen LogP contribution in [-0.4, -0.2) is 22.6 Å². The van der Waals surface area contributed by atoms with Crippen molar-refractivity contribution < 1.29 is 9.90 Å². The summed E-state index contributed by atoms with van der Waals surface area (Å²) in [6, 6.07) is 8.28. The van der Waals surface area contributed by atoms with E-state index in [4.69, 9.17) is 5.11 Å². The molecule has 4 heteroatoms. The first kappa shape index (κ1) is 13.5. The highest BCUT2D eigenvalue weighted by molar-refractivity contribution is 7.99. The Hall–Kier alpha value is -0.610. The molecule has 1 N–H and O–H groups in total.